The van der Waals surface area contributed by atoms with E-state index in [1.165, 1.54) is 11.3 Å². The van der Waals surface area contributed by atoms with Crippen LogP contribution in [0.3, 0.4) is 0 Å². The van der Waals surface area contributed by atoms with Crippen LogP contribution in [0.2, 0.25) is 0 Å². The summed E-state index contributed by atoms with van der Waals surface area (Å²) in [7, 11) is 0. The highest BCUT2D eigenvalue weighted by molar-refractivity contribution is 7.10. The van der Waals surface area contributed by atoms with Gasteiger partial charge in [0.1, 0.15) is 0 Å². The molecule has 1 aromatic heterocycles. The van der Waals surface area contributed by atoms with Crippen LogP contribution in [0.4, 0.5) is 0 Å². The molecule has 2 rings (SSSR count). The van der Waals surface area contributed by atoms with Crippen LogP contribution in [-0.2, 0) is 17.6 Å². The van der Waals surface area contributed by atoms with Crippen molar-refractivity contribution in [2.45, 2.75) is 12.8 Å². The number of aliphatic carboxylic acids is 1. The summed E-state index contributed by atoms with van der Waals surface area (Å²) < 4.78 is 0. The molecule has 0 saturated heterocycles. The Bertz CT molecular complexity index is 557. The molecule has 0 aliphatic rings. The molecule has 0 atom stereocenters. The van der Waals surface area contributed by atoms with Gasteiger partial charge in [0, 0.05) is 16.9 Å². The second-order valence-corrected chi connectivity index (χ2v) is 4.91. The van der Waals surface area contributed by atoms with Crippen molar-refractivity contribution in [1.29, 1.82) is 0 Å². The van der Waals surface area contributed by atoms with Crippen LogP contribution in [0, 0.1) is 0 Å². The molecular weight excluding hydrogens is 248 g/mol. The zero-order chi connectivity index (χ0) is 13.0. The summed E-state index contributed by atoms with van der Waals surface area (Å²) in [5.41, 5.74) is 1.47. The Labute approximate surface area is 109 Å². The highest BCUT2D eigenvalue weighted by atomic mass is 32.1. The molecular formula is C14H12O3S. The molecule has 0 radical (unpaired) electrons. The molecule has 4 heteroatoms. The number of Topliss-reactive ketones (excluding diaryl/α,β-unsaturated/α-hetero) is 1. The van der Waals surface area contributed by atoms with Crippen molar-refractivity contribution in [2.75, 3.05) is 0 Å². The van der Waals surface area contributed by atoms with E-state index in [1.807, 2.05) is 29.6 Å². The van der Waals surface area contributed by atoms with Crippen molar-refractivity contribution < 1.29 is 14.7 Å². The molecule has 0 saturated carbocycles. The van der Waals surface area contributed by atoms with E-state index in [1.54, 1.807) is 12.1 Å². The molecule has 0 bridgehead atoms. The first-order valence-corrected chi connectivity index (χ1v) is 6.40. The van der Waals surface area contributed by atoms with Crippen LogP contribution in [0.1, 0.15) is 20.8 Å². The number of carbonyl (C=O) groups is 2. The van der Waals surface area contributed by atoms with Crippen LogP contribution < -0.4 is 0 Å². The van der Waals surface area contributed by atoms with Gasteiger partial charge in [0.25, 0.3) is 0 Å². The summed E-state index contributed by atoms with van der Waals surface area (Å²) in [5, 5.41) is 10.6. The number of rotatable bonds is 5. The Morgan fingerprint density at radius 1 is 1.06 bits per heavy atom. The van der Waals surface area contributed by atoms with E-state index < -0.39 is 5.97 Å². The number of hydrogen-bond donors (Lipinski definition) is 1. The lowest BCUT2D eigenvalue weighted by Crippen LogP contribution is -2.06. The predicted octanol–water partition coefficient (Wildman–Crippen LogP) is 2.80. The van der Waals surface area contributed by atoms with Crippen molar-refractivity contribution in [3.05, 3.63) is 57.8 Å². The molecule has 0 unspecified atom stereocenters. The molecule has 1 aromatic carbocycles. The molecule has 0 aliphatic carbocycles. The van der Waals surface area contributed by atoms with Gasteiger partial charge in [-0.3, -0.25) is 9.59 Å². The van der Waals surface area contributed by atoms with Crippen LogP contribution in [-0.4, -0.2) is 16.9 Å². The fourth-order valence-corrected chi connectivity index (χ4v) is 2.61. The average Bonchev–Trinajstić information content (AvgIpc) is 2.77. The number of carboxylic acids is 1. The average molecular weight is 260 g/mol. The third-order valence-corrected chi connectivity index (χ3v) is 3.56. The Morgan fingerprint density at radius 2 is 1.78 bits per heavy atom. The van der Waals surface area contributed by atoms with Gasteiger partial charge < -0.3 is 5.11 Å². The lowest BCUT2D eigenvalue weighted by molar-refractivity contribution is -0.136. The smallest absolute Gasteiger partial charge is 0.308 e. The summed E-state index contributed by atoms with van der Waals surface area (Å²) in [6, 6.07) is 10.9. The largest absolute Gasteiger partial charge is 0.481 e. The minimum atomic E-state index is -0.870. The fraction of sp³-hybridized carbons (Fsp3) is 0.143. The molecule has 1 N–H and O–H groups in total. The maximum atomic E-state index is 12.0. The molecule has 18 heavy (non-hydrogen) atoms. The van der Waals surface area contributed by atoms with Gasteiger partial charge in [-0.15, -0.1) is 11.3 Å². The number of ketones is 1. The van der Waals surface area contributed by atoms with Gasteiger partial charge in [0.15, 0.2) is 5.78 Å². The van der Waals surface area contributed by atoms with E-state index in [9.17, 15) is 9.59 Å². The summed E-state index contributed by atoms with van der Waals surface area (Å²) in [5.74, 6) is -0.855. The lowest BCUT2D eigenvalue weighted by atomic mass is 10.0. The summed E-state index contributed by atoms with van der Waals surface area (Å²) in [6.07, 6.45) is 0.241. The second kappa shape index (κ2) is 5.60. The first kappa shape index (κ1) is 12.5. The van der Waals surface area contributed by atoms with Crippen molar-refractivity contribution in [2.24, 2.45) is 0 Å². The lowest BCUT2D eigenvalue weighted by Gasteiger charge is -2.02. The third kappa shape index (κ3) is 3.05. The number of carboxylic acid groups (broad SMARTS) is 1. The van der Waals surface area contributed by atoms with Gasteiger partial charge in [0.2, 0.25) is 0 Å². The molecule has 0 amide bonds. The molecule has 92 valence electrons. The Kier molecular flexibility index (Phi) is 3.89. The highest BCUT2D eigenvalue weighted by Gasteiger charge is 2.13. The van der Waals surface area contributed by atoms with Gasteiger partial charge in [0.05, 0.1) is 6.42 Å². The molecule has 0 aliphatic heterocycles. The Balaban J connectivity index is 2.13. The van der Waals surface area contributed by atoms with Gasteiger partial charge in [-0.2, -0.15) is 0 Å². The van der Waals surface area contributed by atoms with E-state index in [-0.39, 0.29) is 18.6 Å². The standard InChI is InChI=1S/C14H12O3S/c15-12(10-4-2-1-3-5-10)8-11-6-7-18-13(11)9-14(16)17/h1-7H,8-9H2,(H,16,17). The predicted molar refractivity (Wildman–Crippen MR) is 70.1 cm³/mol. The molecule has 2 aromatic rings. The normalized spacial score (nSPS) is 10.2. The monoisotopic (exact) mass is 260 g/mol. The number of thiophene rings is 1. The number of hydrogen-bond acceptors (Lipinski definition) is 3. The Hall–Kier alpha value is -1.94. The van der Waals surface area contributed by atoms with Crippen LogP contribution in [0.25, 0.3) is 0 Å². The zero-order valence-corrected chi connectivity index (χ0v) is 10.4. The highest BCUT2D eigenvalue weighted by Crippen LogP contribution is 2.19. The van der Waals surface area contributed by atoms with Crippen molar-refractivity contribution >= 4 is 23.1 Å². The SMILES string of the molecule is O=C(O)Cc1sccc1CC(=O)c1ccccc1. The van der Waals surface area contributed by atoms with Gasteiger partial charge in [-0.1, -0.05) is 30.3 Å². The van der Waals surface area contributed by atoms with Crippen LogP contribution >= 0.6 is 11.3 Å². The van der Waals surface area contributed by atoms with Crippen molar-refractivity contribution in [3.63, 3.8) is 0 Å². The summed E-state index contributed by atoms with van der Waals surface area (Å²) in [6.45, 7) is 0. The van der Waals surface area contributed by atoms with E-state index >= 15 is 0 Å². The minimum absolute atomic E-state index is 0.0145. The first-order chi connectivity index (χ1) is 8.66. The van der Waals surface area contributed by atoms with Gasteiger partial charge in [-0.25, -0.2) is 0 Å². The van der Waals surface area contributed by atoms with E-state index in [2.05, 4.69) is 0 Å². The number of benzene rings is 1. The third-order valence-electron chi connectivity index (χ3n) is 2.60. The van der Waals surface area contributed by atoms with Crippen LogP contribution in [0.15, 0.2) is 41.8 Å². The first-order valence-electron chi connectivity index (χ1n) is 5.52. The summed E-state index contributed by atoms with van der Waals surface area (Å²) in [4.78, 5) is 23.5. The molecule has 0 fully saturated rings. The fourth-order valence-electron chi connectivity index (χ4n) is 1.72. The zero-order valence-electron chi connectivity index (χ0n) is 9.63. The number of carbonyl (C=O) groups excluding carboxylic acids is 1. The minimum Gasteiger partial charge on any atom is -0.481 e. The van der Waals surface area contributed by atoms with Gasteiger partial charge >= 0.3 is 5.97 Å². The van der Waals surface area contributed by atoms with Gasteiger partial charge in [-0.05, 0) is 17.0 Å². The molecule has 1 heterocycles. The molecule has 0 spiro atoms. The maximum Gasteiger partial charge on any atom is 0.308 e. The van der Waals surface area contributed by atoms with E-state index in [0.29, 0.717) is 5.56 Å². The maximum absolute atomic E-state index is 12.0. The topological polar surface area (TPSA) is 54.4 Å². The van der Waals surface area contributed by atoms with E-state index in [0.717, 1.165) is 10.4 Å². The van der Waals surface area contributed by atoms with Crippen LogP contribution in [0.5, 0.6) is 0 Å². The second-order valence-electron chi connectivity index (χ2n) is 3.91. The van der Waals surface area contributed by atoms with Crippen molar-refractivity contribution in [1.82, 2.24) is 0 Å². The summed E-state index contributed by atoms with van der Waals surface area (Å²) >= 11 is 1.38. The quantitative estimate of drug-likeness (QED) is 0.841. The van der Waals surface area contributed by atoms with E-state index in [4.69, 9.17) is 5.11 Å². The van der Waals surface area contributed by atoms with Crippen molar-refractivity contribution in [3.8, 4) is 0 Å². The molecule has 3 nitrogen and oxygen atoms in total. The Morgan fingerprint density at radius 3 is 2.44 bits per heavy atom.